The predicted molar refractivity (Wildman–Crippen MR) is 51.1 cm³/mol. The van der Waals surface area contributed by atoms with Gasteiger partial charge in [-0.3, -0.25) is 0 Å². The second kappa shape index (κ2) is 3.16. The molecule has 1 heterocycles. The first-order chi connectivity index (χ1) is 5.92. The Balaban J connectivity index is 3.02. The van der Waals surface area contributed by atoms with E-state index in [9.17, 15) is 5.11 Å². The van der Waals surface area contributed by atoms with Crippen molar-refractivity contribution in [1.29, 1.82) is 0 Å². The molecule has 0 spiro atoms. The van der Waals surface area contributed by atoms with Gasteiger partial charge in [-0.15, -0.1) is 0 Å². The van der Waals surface area contributed by atoms with Crippen molar-refractivity contribution in [2.45, 2.75) is 26.3 Å². The Morgan fingerprint density at radius 1 is 1.46 bits per heavy atom. The van der Waals surface area contributed by atoms with E-state index in [0.717, 1.165) is 0 Å². The zero-order chi connectivity index (χ0) is 10.1. The lowest BCUT2D eigenvalue weighted by Crippen LogP contribution is -2.49. The lowest BCUT2D eigenvalue weighted by molar-refractivity contribution is 0.0677. The van der Waals surface area contributed by atoms with Gasteiger partial charge >= 0.3 is 0 Å². The third kappa shape index (κ3) is 1.62. The largest absolute Gasteiger partial charge is 0.467 e. The molecule has 0 radical (unpaired) electrons. The summed E-state index contributed by atoms with van der Waals surface area (Å²) in [4.78, 5) is 0. The molecule has 0 aliphatic heterocycles. The van der Waals surface area contributed by atoms with E-state index < -0.39 is 11.0 Å². The molecule has 1 rings (SSSR count). The van der Waals surface area contributed by atoms with Crippen LogP contribution in [0.25, 0.3) is 0 Å². The normalized spacial score (nSPS) is 17.0. The summed E-state index contributed by atoms with van der Waals surface area (Å²) in [5.74, 6) is 0.701. The minimum atomic E-state index is -0.648. The van der Waals surface area contributed by atoms with Gasteiger partial charge in [0.2, 0.25) is 0 Å². The highest BCUT2D eigenvalue weighted by atomic mass is 16.3. The Kier molecular flexibility index (Phi) is 2.50. The molecular formula is C10H17NO2. The second-order valence-electron chi connectivity index (χ2n) is 4.22. The first-order valence-corrected chi connectivity index (χ1v) is 4.35. The molecule has 3 heteroatoms. The highest BCUT2D eigenvalue weighted by molar-refractivity contribution is 5.14. The van der Waals surface area contributed by atoms with Gasteiger partial charge in [0.25, 0.3) is 0 Å². The zero-order valence-electron chi connectivity index (χ0n) is 8.37. The van der Waals surface area contributed by atoms with Crippen molar-refractivity contribution in [1.82, 2.24) is 0 Å². The average Bonchev–Trinajstić information content (AvgIpc) is 2.56. The Hall–Kier alpha value is -0.800. The maximum atomic E-state index is 9.21. The minimum Gasteiger partial charge on any atom is -0.467 e. The van der Waals surface area contributed by atoms with E-state index in [1.165, 1.54) is 0 Å². The van der Waals surface area contributed by atoms with Crippen LogP contribution in [0.2, 0.25) is 0 Å². The van der Waals surface area contributed by atoms with Gasteiger partial charge in [-0.05, 0) is 19.1 Å². The smallest absolute Gasteiger partial charge is 0.123 e. The number of rotatable bonds is 3. The van der Waals surface area contributed by atoms with E-state index in [4.69, 9.17) is 10.2 Å². The van der Waals surface area contributed by atoms with E-state index in [1.54, 1.807) is 12.3 Å². The number of furan rings is 1. The summed E-state index contributed by atoms with van der Waals surface area (Å²) >= 11 is 0. The van der Waals surface area contributed by atoms with E-state index in [-0.39, 0.29) is 6.61 Å². The Morgan fingerprint density at radius 3 is 2.46 bits per heavy atom. The molecule has 1 atom stereocenters. The maximum absolute atomic E-state index is 9.21. The molecule has 74 valence electrons. The molecule has 0 bridgehead atoms. The molecule has 0 saturated heterocycles. The minimum absolute atomic E-state index is 0.0285. The van der Waals surface area contributed by atoms with Gasteiger partial charge in [-0.25, -0.2) is 0 Å². The van der Waals surface area contributed by atoms with Crippen molar-refractivity contribution in [3.8, 4) is 0 Å². The van der Waals surface area contributed by atoms with Crippen LogP contribution in [0.3, 0.4) is 0 Å². The van der Waals surface area contributed by atoms with Crippen LogP contribution in [-0.2, 0) is 5.54 Å². The summed E-state index contributed by atoms with van der Waals surface area (Å²) in [5.41, 5.74) is 5.07. The number of aliphatic hydroxyl groups is 1. The monoisotopic (exact) mass is 183 g/mol. The number of hydrogen-bond donors (Lipinski definition) is 2. The van der Waals surface area contributed by atoms with Gasteiger partial charge in [0.15, 0.2) is 0 Å². The summed E-state index contributed by atoms with van der Waals surface area (Å²) in [6.45, 7) is 5.72. The molecule has 0 fully saturated rings. The van der Waals surface area contributed by atoms with Crippen LogP contribution in [0.1, 0.15) is 26.5 Å². The number of hydrogen-bond acceptors (Lipinski definition) is 3. The fourth-order valence-corrected chi connectivity index (χ4v) is 1.07. The molecule has 0 aliphatic carbocycles. The van der Waals surface area contributed by atoms with Crippen LogP contribution < -0.4 is 5.73 Å². The lowest BCUT2D eigenvalue weighted by atomic mass is 9.73. The molecule has 0 aliphatic rings. The summed E-state index contributed by atoms with van der Waals surface area (Å²) in [6, 6.07) is 3.63. The standard InChI is InChI=1S/C10H17NO2/c1-9(2,7-12)10(3,11)8-5-4-6-13-8/h4-6,12H,7,11H2,1-3H3/t10-/m0/s1. The molecule has 0 aromatic carbocycles. The van der Waals surface area contributed by atoms with Crippen LogP contribution in [0.5, 0.6) is 0 Å². The van der Waals surface area contributed by atoms with Crippen LogP contribution in [0.4, 0.5) is 0 Å². The van der Waals surface area contributed by atoms with Crippen molar-refractivity contribution in [2.75, 3.05) is 6.61 Å². The summed E-state index contributed by atoms with van der Waals surface area (Å²) in [5, 5.41) is 9.21. The summed E-state index contributed by atoms with van der Waals surface area (Å²) in [7, 11) is 0. The Morgan fingerprint density at radius 2 is 2.08 bits per heavy atom. The second-order valence-corrected chi connectivity index (χ2v) is 4.22. The fourth-order valence-electron chi connectivity index (χ4n) is 1.07. The third-order valence-electron chi connectivity index (χ3n) is 2.83. The lowest BCUT2D eigenvalue weighted by Gasteiger charge is -2.38. The zero-order valence-corrected chi connectivity index (χ0v) is 8.37. The molecule has 13 heavy (non-hydrogen) atoms. The molecule has 1 aromatic rings. The van der Waals surface area contributed by atoms with E-state index in [2.05, 4.69) is 0 Å². The molecular weight excluding hydrogens is 166 g/mol. The van der Waals surface area contributed by atoms with Gasteiger partial charge in [-0.2, -0.15) is 0 Å². The van der Waals surface area contributed by atoms with Gasteiger partial charge < -0.3 is 15.3 Å². The summed E-state index contributed by atoms with van der Waals surface area (Å²) in [6.07, 6.45) is 1.59. The van der Waals surface area contributed by atoms with Gasteiger partial charge in [0, 0.05) is 5.41 Å². The number of aliphatic hydroxyl groups excluding tert-OH is 1. The Bertz CT molecular complexity index is 262. The summed E-state index contributed by atoms with van der Waals surface area (Å²) < 4.78 is 5.25. The van der Waals surface area contributed by atoms with Crippen molar-refractivity contribution >= 4 is 0 Å². The Labute approximate surface area is 78.5 Å². The van der Waals surface area contributed by atoms with Crippen molar-refractivity contribution in [2.24, 2.45) is 11.1 Å². The first-order valence-electron chi connectivity index (χ1n) is 4.35. The fraction of sp³-hybridized carbons (Fsp3) is 0.600. The van der Waals surface area contributed by atoms with Gasteiger partial charge in [0.05, 0.1) is 18.4 Å². The molecule has 0 unspecified atom stereocenters. The van der Waals surface area contributed by atoms with Gasteiger partial charge in [0.1, 0.15) is 5.76 Å². The highest BCUT2D eigenvalue weighted by Gasteiger charge is 2.40. The van der Waals surface area contributed by atoms with Crippen molar-refractivity contribution < 1.29 is 9.52 Å². The SMILES string of the molecule is CC(C)(CO)[C@@](C)(N)c1ccco1. The topological polar surface area (TPSA) is 59.4 Å². The maximum Gasteiger partial charge on any atom is 0.123 e. The van der Waals surface area contributed by atoms with Gasteiger partial charge in [-0.1, -0.05) is 13.8 Å². The van der Waals surface area contributed by atoms with Crippen LogP contribution in [-0.4, -0.2) is 11.7 Å². The molecule has 0 amide bonds. The molecule has 1 aromatic heterocycles. The average molecular weight is 183 g/mol. The van der Waals surface area contributed by atoms with Crippen molar-refractivity contribution in [3.63, 3.8) is 0 Å². The van der Waals surface area contributed by atoms with E-state index in [0.29, 0.717) is 5.76 Å². The molecule has 0 saturated carbocycles. The molecule has 3 N–H and O–H groups in total. The van der Waals surface area contributed by atoms with E-state index in [1.807, 2.05) is 26.8 Å². The van der Waals surface area contributed by atoms with Crippen LogP contribution >= 0.6 is 0 Å². The predicted octanol–water partition coefficient (Wildman–Crippen LogP) is 1.47. The van der Waals surface area contributed by atoms with Crippen LogP contribution in [0, 0.1) is 5.41 Å². The van der Waals surface area contributed by atoms with Crippen molar-refractivity contribution in [3.05, 3.63) is 24.2 Å². The number of nitrogens with two attached hydrogens (primary N) is 1. The molecule has 3 nitrogen and oxygen atoms in total. The quantitative estimate of drug-likeness (QED) is 0.746. The van der Waals surface area contributed by atoms with Crippen LogP contribution in [0.15, 0.2) is 22.8 Å². The van der Waals surface area contributed by atoms with E-state index >= 15 is 0 Å². The third-order valence-corrected chi connectivity index (χ3v) is 2.83. The highest BCUT2D eigenvalue weighted by Crippen LogP contribution is 2.36. The first kappa shape index (κ1) is 10.3.